The van der Waals surface area contributed by atoms with E-state index in [2.05, 4.69) is 40.2 Å². The molecule has 1 aliphatic carbocycles. The molecule has 2 aliphatic heterocycles. The molecule has 2 aromatic rings. The molecule has 0 bridgehead atoms. The van der Waals surface area contributed by atoms with Crippen molar-refractivity contribution in [2.45, 2.75) is 50.6 Å². The van der Waals surface area contributed by atoms with Gasteiger partial charge in [-0.3, -0.25) is 4.90 Å². The number of nitrogens with one attached hydrogen (secondary N) is 1. The summed E-state index contributed by atoms with van der Waals surface area (Å²) in [4.78, 5) is 6.54. The lowest BCUT2D eigenvalue weighted by molar-refractivity contribution is 0.111. The van der Waals surface area contributed by atoms with Crippen LogP contribution in [0, 0.1) is 0 Å². The van der Waals surface area contributed by atoms with Gasteiger partial charge < -0.3 is 4.98 Å². The average molecular weight is 278 g/mol. The molecule has 21 heavy (non-hydrogen) atoms. The van der Waals surface area contributed by atoms with Gasteiger partial charge in [-0.25, -0.2) is 0 Å². The maximum absolute atomic E-state index is 3.74. The molecule has 2 nitrogen and oxygen atoms in total. The smallest absolute Gasteiger partial charge is 0.0542 e. The van der Waals surface area contributed by atoms with Crippen LogP contribution >= 0.6 is 0 Å². The Morgan fingerprint density at radius 2 is 2.00 bits per heavy atom. The molecule has 0 spiro atoms. The molecule has 108 valence electrons. The normalized spacial score (nSPS) is 28.7. The van der Waals surface area contributed by atoms with Crippen LogP contribution in [-0.4, -0.2) is 22.5 Å². The van der Waals surface area contributed by atoms with Crippen LogP contribution in [-0.2, 0) is 6.42 Å². The number of hydrogen-bond acceptors (Lipinski definition) is 1. The SMILES string of the molecule is C1=C2CCCC[C@H]2N2CCc3c([nH]c4ccccc34)[C@@H]2C1. The molecule has 0 saturated heterocycles. The van der Waals surface area contributed by atoms with Gasteiger partial charge in [0.2, 0.25) is 0 Å². The number of aromatic amines is 1. The maximum Gasteiger partial charge on any atom is 0.0542 e. The summed E-state index contributed by atoms with van der Waals surface area (Å²) >= 11 is 0. The van der Waals surface area contributed by atoms with Gasteiger partial charge in [-0.1, -0.05) is 36.3 Å². The monoisotopic (exact) mass is 278 g/mol. The topological polar surface area (TPSA) is 19.0 Å². The fraction of sp³-hybridized carbons (Fsp3) is 0.474. The zero-order chi connectivity index (χ0) is 13.8. The number of aromatic nitrogens is 1. The molecule has 0 radical (unpaired) electrons. The summed E-state index contributed by atoms with van der Waals surface area (Å²) in [6.45, 7) is 1.24. The van der Waals surface area contributed by atoms with E-state index in [4.69, 9.17) is 0 Å². The second-order valence-corrected chi connectivity index (χ2v) is 6.84. The minimum Gasteiger partial charge on any atom is -0.357 e. The van der Waals surface area contributed by atoms with Crippen molar-refractivity contribution in [2.24, 2.45) is 0 Å². The van der Waals surface area contributed by atoms with E-state index in [1.165, 1.54) is 61.7 Å². The fourth-order valence-electron chi connectivity index (χ4n) is 4.86. The number of benzene rings is 1. The van der Waals surface area contributed by atoms with E-state index in [1.807, 2.05) is 0 Å². The Hall–Kier alpha value is -1.54. The van der Waals surface area contributed by atoms with Crippen LogP contribution < -0.4 is 0 Å². The van der Waals surface area contributed by atoms with Gasteiger partial charge in [0.15, 0.2) is 0 Å². The van der Waals surface area contributed by atoms with Gasteiger partial charge in [0.05, 0.1) is 6.04 Å². The Morgan fingerprint density at radius 3 is 3.00 bits per heavy atom. The highest BCUT2D eigenvalue weighted by atomic mass is 15.2. The molecule has 0 unspecified atom stereocenters. The first kappa shape index (κ1) is 12.0. The fourth-order valence-corrected chi connectivity index (χ4v) is 4.86. The van der Waals surface area contributed by atoms with Crippen LogP contribution in [0.2, 0.25) is 0 Å². The van der Waals surface area contributed by atoms with Gasteiger partial charge in [0, 0.05) is 29.2 Å². The molecule has 1 saturated carbocycles. The molecule has 3 heterocycles. The Bertz CT molecular complexity index is 724. The summed E-state index contributed by atoms with van der Waals surface area (Å²) < 4.78 is 0. The van der Waals surface area contributed by atoms with Gasteiger partial charge in [0.25, 0.3) is 0 Å². The second-order valence-electron chi connectivity index (χ2n) is 6.84. The Balaban J connectivity index is 1.62. The minimum absolute atomic E-state index is 0.591. The number of nitrogens with zero attached hydrogens (tertiary/aromatic N) is 1. The number of para-hydroxylation sites is 1. The van der Waals surface area contributed by atoms with Crippen molar-refractivity contribution >= 4 is 10.9 Å². The van der Waals surface area contributed by atoms with Crippen LogP contribution in [0.1, 0.15) is 49.4 Å². The Kier molecular flexibility index (Phi) is 2.57. The highest BCUT2D eigenvalue weighted by Gasteiger charge is 2.38. The molecule has 3 aliphatic rings. The third-order valence-corrected chi connectivity index (χ3v) is 5.82. The van der Waals surface area contributed by atoms with Crippen molar-refractivity contribution in [3.05, 3.63) is 47.2 Å². The molecular formula is C19H22N2. The summed E-state index contributed by atoms with van der Waals surface area (Å²) in [5.41, 5.74) is 6.14. The van der Waals surface area contributed by atoms with Gasteiger partial charge >= 0.3 is 0 Å². The molecule has 5 rings (SSSR count). The summed E-state index contributed by atoms with van der Waals surface area (Å²) in [5.74, 6) is 0. The average Bonchev–Trinajstić information content (AvgIpc) is 2.93. The predicted molar refractivity (Wildman–Crippen MR) is 86.4 cm³/mol. The number of H-pyrrole nitrogens is 1. The van der Waals surface area contributed by atoms with Gasteiger partial charge in [-0.05, 0) is 43.7 Å². The predicted octanol–water partition coefficient (Wildman–Crippen LogP) is 4.34. The number of fused-ring (bicyclic) bond motifs is 7. The van der Waals surface area contributed by atoms with Crippen molar-refractivity contribution in [2.75, 3.05) is 6.54 Å². The highest BCUT2D eigenvalue weighted by molar-refractivity contribution is 5.85. The lowest BCUT2D eigenvalue weighted by atomic mass is 9.81. The van der Waals surface area contributed by atoms with Gasteiger partial charge in [-0.15, -0.1) is 0 Å². The lowest BCUT2D eigenvalue weighted by Gasteiger charge is -2.46. The van der Waals surface area contributed by atoms with Crippen molar-refractivity contribution < 1.29 is 0 Å². The summed E-state index contributed by atoms with van der Waals surface area (Å²) in [5, 5.41) is 1.45. The third-order valence-electron chi connectivity index (χ3n) is 5.82. The molecule has 1 aromatic carbocycles. The molecule has 1 N–H and O–H groups in total. The minimum atomic E-state index is 0.591. The van der Waals surface area contributed by atoms with E-state index >= 15 is 0 Å². The number of rotatable bonds is 0. The Labute approximate surface area is 125 Å². The van der Waals surface area contributed by atoms with Gasteiger partial charge in [0.1, 0.15) is 0 Å². The third kappa shape index (κ3) is 1.69. The van der Waals surface area contributed by atoms with Crippen molar-refractivity contribution in [3.8, 4) is 0 Å². The van der Waals surface area contributed by atoms with Crippen LogP contribution in [0.5, 0.6) is 0 Å². The van der Waals surface area contributed by atoms with Crippen molar-refractivity contribution in [1.82, 2.24) is 9.88 Å². The quantitative estimate of drug-likeness (QED) is 0.710. The van der Waals surface area contributed by atoms with Crippen LogP contribution in [0.15, 0.2) is 35.9 Å². The summed E-state index contributed by atoms with van der Waals surface area (Å²) in [6.07, 6.45) is 10.5. The molecule has 0 amide bonds. The number of hydrogen-bond donors (Lipinski definition) is 1. The zero-order valence-electron chi connectivity index (χ0n) is 12.4. The van der Waals surface area contributed by atoms with E-state index in [0.717, 1.165) is 6.04 Å². The van der Waals surface area contributed by atoms with E-state index in [-0.39, 0.29) is 0 Å². The zero-order valence-corrected chi connectivity index (χ0v) is 12.4. The van der Waals surface area contributed by atoms with Crippen LogP contribution in [0.4, 0.5) is 0 Å². The molecule has 2 atom stereocenters. The summed E-state index contributed by atoms with van der Waals surface area (Å²) in [7, 11) is 0. The summed E-state index contributed by atoms with van der Waals surface area (Å²) in [6, 6.07) is 10.1. The second kappa shape index (κ2) is 4.48. The van der Waals surface area contributed by atoms with Crippen LogP contribution in [0.25, 0.3) is 10.9 Å². The van der Waals surface area contributed by atoms with Crippen molar-refractivity contribution in [1.29, 1.82) is 0 Å². The maximum atomic E-state index is 3.74. The standard InChI is InChI=1S/C19H22N2/c1-4-8-17-13(5-1)9-10-18-19-15(11-12-21(17)18)14-6-2-3-7-16(14)20-19/h2-3,6-7,9,17-18,20H,1,4-5,8,10-12H2/t17-,18+/m1/s1. The first-order chi connectivity index (χ1) is 10.4. The van der Waals surface area contributed by atoms with Gasteiger partial charge in [-0.2, -0.15) is 0 Å². The molecule has 2 heteroatoms. The first-order valence-corrected chi connectivity index (χ1v) is 8.46. The van der Waals surface area contributed by atoms with Crippen molar-refractivity contribution in [3.63, 3.8) is 0 Å². The largest absolute Gasteiger partial charge is 0.357 e. The van der Waals surface area contributed by atoms with E-state index < -0.39 is 0 Å². The van der Waals surface area contributed by atoms with E-state index in [9.17, 15) is 0 Å². The molecule has 1 aromatic heterocycles. The first-order valence-electron chi connectivity index (χ1n) is 8.46. The van der Waals surface area contributed by atoms with Crippen LogP contribution in [0.3, 0.4) is 0 Å². The molecular weight excluding hydrogens is 256 g/mol. The van der Waals surface area contributed by atoms with E-state index in [0.29, 0.717) is 6.04 Å². The Morgan fingerprint density at radius 1 is 1.05 bits per heavy atom. The molecule has 1 fully saturated rings. The van der Waals surface area contributed by atoms with E-state index in [1.54, 1.807) is 11.1 Å². The lowest BCUT2D eigenvalue weighted by Crippen LogP contribution is -2.46. The highest BCUT2D eigenvalue weighted by Crippen LogP contribution is 2.44.